The zero-order valence-electron chi connectivity index (χ0n) is 21.5. The first-order valence-electron chi connectivity index (χ1n) is 11.8. The fourth-order valence-corrected chi connectivity index (χ4v) is 5.71. The van der Waals surface area contributed by atoms with E-state index in [4.69, 9.17) is 5.11 Å². The summed E-state index contributed by atoms with van der Waals surface area (Å²) in [7, 11) is 0. The van der Waals surface area contributed by atoms with Gasteiger partial charge in [-0.1, -0.05) is 65.3 Å². The third-order valence-corrected chi connectivity index (χ3v) is 8.04. The highest BCUT2D eigenvalue weighted by Gasteiger charge is 2.34. The molecule has 0 amide bonds. The Bertz CT molecular complexity index is 1310. The maximum atomic E-state index is 13.5. The number of ketones is 1. The SMILES string of the molecule is Cc1ccc(N=NC(=C2C=C(C(C)(C)C)C(=O)C(C(C)(C)C)=C2)c2ccc(-c3cccs3)s2)cc1. The van der Waals surface area contributed by atoms with Crippen LogP contribution < -0.4 is 0 Å². The van der Waals surface area contributed by atoms with Crippen LogP contribution in [0.1, 0.15) is 52.0 Å². The van der Waals surface area contributed by atoms with Crippen LogP contribution in [0.4, 0.5) is 5.69 Å². The second kappa shape index (κ2) is 9.63. The van der Waals surface area contributed by atoms with E-state index >= 15 is 0 Å². The smallest absolute Gasteiger partial charge is 0.186 e. The summed E-state index contributed by atoms with van der Waals surface area (Å²) in [5.41, 5.74) is 4.73. The van der Waals surface area contributed by atoms with E-state index in [2.05, 4.69) is 83.2 Å². The molecule has 1 aliphatic carbocycles. The Labute approximate surface area is 216 Å². The number of Topliss-reactive ketones (excluding diaryl/α,β-unsaturated/α-hetero) is 1. The summed E-state index contributed by atoms with van der Waals surface area (Å²) in [6.07, 6.45) is 4.04. The van der Waals surface area contributed by atoms with Crippen molar-refractivity contribution in [1.82, 2.24) is 0 Å². The van der Waals surface area contributed by atoms with Gasteiger partial charge in [0.25, 0.3) is 0 Å². The number of carbonyl (C=O) groups is 1. The van der Waals surface area contributed by atoms with Crippen molar-refractivity contribution in [1.29, 1.82) is 0 Å². The van der Waals surface area contributed by atoms with Crippen LogP contribution in [0, 0.1) is 17.8 Å². The second-order valence-corrected chi connectivity index (χ2v) is 13.0. The summed E-state index contributed by atoms with van der Waals surface area (Å²) in [5.74, 6) is 0.119. The maximum absolute atomic E-state index is 13.5. The van der Waals surface area contributed by atoms with Crippen LogP contribution in [0.3, 0.4) is 0 Å². The lowest BCUT2D eigenvalue weighted by molar-refractivity contribution is -0.114. The molecule has 0 atom stereocenters. The number of azo groups is 1. The number of carbonyl (C=O) groups excluding carboxylic acids is 1. The fourth-order valence-electron chi connectivity index (χ4n) is 3.86. The molecule has 0 unspecified atom stereocenters. The number of hydrogen-bond donors (Lipinski definition) is 0. The normalized spacial score (nSPS) is 14.9. The van der Waals surface area contributed by atoms with Crippen LogP contribution in [0.15, 0.2) is 93.0 Å². The average molecular weight is 501 g/mol. The van der Waals surface area contributed by atoms with E-state index < -0.39 is 0 Å². The minimum absolute atomic E-state index is 0.119. The van der Waals surface area contributed by atoms with Gasteiger partial charge >= 0.3 is 0 Å². The standard InChI is InChI=1S/C30H32N2OS2/c1-19-10-12-21(13-11-19)31-32-27(26-15-14-25(35-26)24-9-8-16-34-24)20-17-22(29(2,3)4)28(33)23(18-20)30(5,6)7/h8-18H,1-7H3. The van der Waals surface area contributed by atoms with Crippen LogP contribution in [0.2, 0.25) is 0 Å². The Morgan fingerprint density at radius 3 is 1.97 bits per heavy atom. The average Bonchev–Trinajstić information content (AvgIpc) is 3.46. The first kappa shape index (κ1) is 25.2. The van der Waals surface area contributed by atoms with Gasteiger partial charge in [0.15, 0.2) is 5.78 Å². The van der Waals surface area contributed by atoms with Gasteiger partial charge in [0.05, 0.1) is 10.6 Å². The largest absolute Gasteiger partial charge is 0.289 e. The number of nitrogens with zero attached hydrogens (tertiary/aromatic N) is 2. The zero-order valence-corrected chi connectivity index (χ0v) is 23.1. The molecule has 0 aliphatic heterocycles. The minimum atomic E-state index is -0.288. The van der Waals surface area contributed by atoms with Gasteiger partial charge in [0.2, 0.25) is 0 Å². The summed E-state index contributed by atoms with van der Waals surface area (Å²) < 4.78 is 0. The van der Waals surface area contributed by atoms with Crippen molar-refractivity contribution in [3.05, 3.63) is 93.2 Å². The van der Waals surface area contributed by atoms with Gasteiger partial charge in [-0.05, 0) is 65.6 Å². The van der Waals surface area contributed by atoms with Gasteiger partial charge in [-0.25, -0.2) is 0 Å². The van der Waals surface area contributed by atoms with Crippen molar-refractivity contribution < 1.29 is 4.79 Å². The van der Waals surface area contributed by atoms with Gasteiger partial charge in [-0.2, -0.15) is 5.11 Å². The summed E-state index contributed by atoms with van der Waals surface area (Å²) >= 11 is 3.43. The van der Waals surface area contributed by atoms with Crippen LogP contribution in [0.25, 0.3) is 15.5 Å². The fraction of sp³-hybridized carbons (Fsp3) is 0.300. The first-order chi connectivity index (χ1) is 16.4. The van der Waals surface area contributed by atoms with Crippen LogP contribution in [0.5, 0.6) is 0 Å². The third-order valence-electron chi connectivity index (χ3n) is 5.88. The highest BCUT2D eigenvalue weighted by atomic mass is 32.1. The number of benzene rings is 1. The topological polar surface area (TPSA) is 41.8 Å². The van der Waals surface area contributed by atoms with Crippen molar-refractivity contribution in [3.8, 4) is 9.75 Å². The second-order valence-electron chi connectivity index (χ2n) is 10.9. The molecule has 0 N–H and O–H groups in total. The Morgan fingerprint density at radius 2 is 1.43 bits per heavy atom. The molecule has 3 nitrogen and oxygen atoms in total. The van der Waals surface area contributed by atoms with Crippen molar-refractivity contribution in [3.63, 3.8) is 0 Å². The molecule has 0 radical (unpaired) electrons. The first-order valence-corrected chi connectivity index (χ1v) is 13.5. The molecule has 0 saturated heterocycles. The monoisotopic (exact) mass is 500 g/mol. The Kier molecular flexibility index (Phi) is 6.94. The maximum Gasteiger partial charge on any atom is 0.186 e. The predicted octanol–water partition coefficient (Wildman–Crippen LogP) is 9.81. The molecule has 0 fully saturated rings. The lowest BCUT2D eigenvalue weighted by Crippen LogP contribution is -2.28. The predicted molar refractivity (Wildman–Crippen MR) is 150 cm³/mol. The van der Waals surface area contributed by atoms with Gasteiger partial charge in [0.1, 0.15) is 5.70 Å². The van der Waals surface area contributed by atoms with E-state index in [9.17, 15) is 4.79 Å². The molecular formula is C30H32N2OS2. The molecule has 4 rings (SSSR count). The van der Waals surface area contributed by atoms with E-state index in [1.54, 1.807) is 22.7 Å². The number of allylic oxidation sites excluding steroid dienone is 5. The number of aryl methyl sites for hydroxylation is 1. The lowest BCUT2D eigenvalue weighted by Gasteiger charge is -2.31. The van der Waals surface area contributed by atoms with Crippen molar-refractivity contribution >= 4 is 39.8 Å². The summed E-state index contributed by atoms with van der Waals surface area (Å²) in [6, 6.07) is 16.5. The van der Waals surface area contributed by atoms with Gasteiger partial charge in [-0.15, -0.1) is 27.8 Å². The molecule has 2 heterocycles. The van der Waals surface area contributed by atoms with E-state index in [0.717, 1.165) is 33.0 Å². The molecule has 1 aliphatic rings. The minimum Gasteiger partial charge on any atom is -0.289 e. The van der Waals surface area contributed by atoms with E-state index in [1.165, 1.54) is 15.3 Å². The molecule has 180 valence electrons. The van der Waals surface area contributed by atoms with Crippen molar-refractivity contribution in [2.75, 3.05) is 0 Å². The van der Waals surface area contributed by atoms with E-state index in [-0.39, 0.29) is 16.6 Å². The Morgan fingerprint density at radius 1 is 0.800 bits per heavy atom. The van der Waals surface area contributed by atoms with Gasteiger partial charge in [-0.3, -0.25) is 4.79 Å². The molecular weight excluding hydrogens is 468 g/mol. The zero-order chi connectivity index (χ0) is 25.4. The highest BCUT2D eigenvalue weighted by molar-refractivity contribution is 7.21. The molecule has 5 heteroatoms. The van der Waals surface area contributed by atoms with Crippen molar-refractivity contribution in [2.24, 2.45) is 21.1 Å². The number of thiophene rings is 2. The quantitative estimate of drug-likeness (QED) is 0.329. The van der Waals surface area contributed by atoms with Crippen LogP contribution in [-0.4, -0.2) is 5.78 Å². The van der Waals surface area contributed by atoms with Gasteiger partial charge in [0, 0.05) is 26.5 Å². The Balaban J connectivity index is 1.93. The van der Waals surface area contributed by atoms with Gasteiger partial charge < -0.3 is 0 Å². The molecule has 0 saturated carbocycles. The molecule has 0 spiro atoms. The molecule has 2 aromatic heterocycles. The number of hydrogen-bond acceptors (Lipinski definition) is 5. The molecule has 1 aromatic carbocycles. The Hall–Kier alpha value is -2.89. The van der Waals surface area contributed by atoms with Crippen LogP contribution in [-0.2, 0) is 4.79 Å². The summed E-state index contributed by atoms with van der Waals surface area (Å²) in [4.78, 5) is 16.9. The molecule has 3 aromatic rings. The highest BCUT2D eigenvalue weighted by Crippen LogP contribution is 2.43. The van der Waals surface area contributed by atoms with Crippen LogP contribution >= 0.6 is 22.7 Å². The van der Waals surface area contributed by atoms with E-state index in [0.29, 0.717) is 0 Å². The number of rotatable bonds is 4. The van der Waals surface area contributed by atoms with E-state index in [1.807, 2.05) is 36.4 Å². The third kappa shape index (κ3) is 5.68. The summed E-state index contributed by atoms with van der Waals surface area (Å²) in [6.45, 7) is 14.6. The molecule has 35 heavy (non-hydrogen) atoms. The summed E-state index contributed by atoms with van der Waals surface area (Å²) in [5, 5.41) is 11.5. The van der Waals surface area contributed by atoms with Crippen molar-refractivity contribution in [2.45, 2.75) is 48.5 Å². The molecule has 0 bridgehead atoms. The lowest BCUT2D eigenvalue weighted by atomic mass is 9.71.